The molecule has 0 amide bonds. The number of nitrogens with two attached hydrogens (primary N) is 2. The first-order chi connectivity index (χ1) is 7.77. The Morgan fingerprint density at radius 2 is 1.00 bits per heavy atom. The molecule has 2 heteroatoms. The average molecular weight is 228 g/mol. The van der Waals surface area contributed by atoms with Gasteiger partial charge in [-0.25, -0.2) is 0 Å². The Bertz CT molecular complexity index is 124. The summed E-state index contributed by atoms with van der Waals surface area (Å²) in [4.78, 5) is 0. The van der Waals surface area contributed by atoms with Gasteiger partial charge < -0.3 is 11.5 Å². The normalized spacial score (nSPS) is 11.2. The first-order valence-corrected chi connectivity index (χ1v) is 7.28. The number of hydrogen-bond donors (Lipinski definition) is 2. The number of unbranched alkanes of at least 4 members (excludes halogenated alkanes) is 10. The lowest BCUT2D eigenvalue weighted by molar-refractivity contribution is 0.525. The van der Waals surface area contributed by atoms with Crippen LogP contribution in [0.2, 0.25) is 0 Å². The molecular formula is C14H32N2. The highest BCUT2D eigenvalue weighted by Crippen LogP contribution is 2.11. The van der Waals surface area contributed by atoms with E-state index in [2.05, 4.69) is 6.92 Å². The summed E-state index contributed by atoms with van der Waals surface area (Å²) in [6.45, 7) is 2.27. The molecule has 0 aliphatic rings. The molecule has 0 bridgehead atoms. The molecule has 0 atom stereocenters. The summed E-state index contributed by atoms with van der Waals surface area (Å²) in [5, 5.41) is 0. The second-order valence-corrected chi connectivity index (χ2v) is 4.99. The lowest BCUT2D eigenvalue weighted by Gasteiger charge is -2.04. The summed E-state index contributed by atoms with van der Waals surface area (Å²) >= 11 is 0. The Morgan fingerprint density at radius 3 is 1.38 bits per heavy atom. The van der Waals surface area contributed by atoms with Gasteiger partial charge in [0.05, 0.1) is 6.17 Å². The molecule has 4 N–H and O–H groups in total. The molecule has 98 valence electrons. The zero-order valence-corrected chi connectivity index (χ0v) is 11.2. The van der Waals surface area contributed by atoms with E-state index < -0.39 is 0 Å². The maximum atomic E-state index is 5.49. The van der Waals surface area contributed by atoms with Crippen LogP contribution in [0.15, 0.2) is 0 Å². The van der Waals surface area contributed by atoms with Crippen LogP contribution in [0.25, 0.3) is 0 Å². The SMILES string of the molecule is CCCCCCCCCCCCCC(N)N. The second kappa shape index (κ2) is 13.0. The summed E-state index contributed by atoms with van der Waals surface area (Å²) in [5.41, 5.74) is 11.0. The van der Waals surface area contributed by atoms with Gasteiger partial charge in [0, 0.05) is 0 Å². The fourth-order valence-electron chi connectivity index (χ4n) is 2.04. The highest BCUT2D eigenvalue weighted by Gasteiger charge is 1.95. The van der Waals surface area contributed by atoms with Crippen LogP contribution in [0.1, 0.15) is 84.0 Å². The van der Waals surface area contributed by atoms with Crippen molar-refractivity contribution in [3.8, 4) is 0 Å². The van der Waals surface area contributed by atoms with E-state index in [-0.39, 0.29) is 6.17 Å². The Kier molecular flexibility index (Phi) is 12.9. The van der Waals surface area contributed by atoms with Gasteiger partial charge in [-0.15, -0.1) is 0 Å². The molecule has 16 heavy (non-hydrogen) atoms. The van der Waals surface area contributed by atoms with Crippen molar-refractivity contribution >= 4 is 0 Å². The molecular weight excluding hydrogens is 196 g/mol. The molecule has 0 radical (unpaired) electrons. The van der Waals surface area contributed by atoms with E-state index in [9.17, 15) is 0 Å². The fraction of sp³-hybridized carbons (Fsp3) is 1.00. The van der Waals surface area contributed by atoms with Crippen molar-refractivity contribution in [1.82, 2.24) is 0 Å². The third-order valence-electron chi connectivity index (χ3n) is 3.14. The van der Waals surface area contributed by atoms with Gasteiger partial charge in [0.2, 0.25) is 0 Å². The van der Waals surface area contributed by atoms with Crippen LogP contribution in [0, 0.1) is 0 Å². The standard InChI is InChI=1S/C14H32N2/c1-2-3-4-5-6-7-8-9-10-11-12-13-14(15)16/h14H,2-13,15-16H2,1H3. The first kappa shape index (κ1) is 15.9. The van der Waals surface area contributed by atoms with Crippen LogP contribution in [0.5, 0.6) is 0 Å². The molecule has 0 aliphatic carbocycles. The van der Waals surface area contributed by atoms with Crippen LogP contribution in [-0.2, 0) is 0 Å². The number of hydrogen-bond acceptors (Lipinski definition) is 2. The predicted octanol–water partition coefficient (Wildman–Crippen LogP) is 3.93. The van der Waals surface area contributed by atoms with Gasteiger partial charge in [0.25, 0.3) is 0 Å². The zero-order valence-electron chi connectivity index (χ0n) is 11.2. The quantitative estimate of drug-likeness (QED) is 0.393. The summed E-state index contributed by atoms with van der Waals surface area (Å²) in [7, 11) is 0. The molecule has 0 aliphatic heterocycles. The van der Waals surface area contributed by atoms with Gasteiger partial charge in [-0.05, 0) is 6.42 Å². The van der Waals surface area contributed by atoms with E-state index in [1.54, 1.807) is 0 Å². The van der Waals surface area contributed by atoms with Gasteiger partial charge >= 0.3 is 0 Å². The highest BCUT2D eigenvalue weighted by atomic mass is 14.8. The minimum atomic E-state index is -0.0986. The topological polar surface area (TPSA) is 52.0 Å². The zero-order chi connectivity index (χ0) is 12.1. The maximum Gasteiger partial charge on any atom is 0.0520 e. The van der Waals surface area contributed by atoms with Gasteiger partial charge in [-0.3, -0.25) is 0 Å². The summed E-state index contributed by atoms with van der Waals surface area (Å²) in [6.07, 6.45) is 16.1. The molecule has 0 aromatic carbocycles. The smallest absolute Gasteiger partial charge is 0.0520 e. The van der Waals surface area contributed by atoms with Crippen LogP contribution in [0.3, 0.4) is 0 Å². The van der Waals surface area contributed by atoms with Crippen LogP contribution >= 0.6 is 0 Å². The van der Waals surface area contributed by atoms with E-state index in [1.807, 2.05) is 0 Å². The van der Waals surface area contributed by atoms with Crippen molar-refractivity contribution in [2.75, 3.05) is 0 Å². The molecule has 0 aromatic heterocycles. The molecule has 0 aromatic rings. The molecule has 0 rings (SSSR count). The molecule has 0 fully saturated rings. The highest BCUT2D eigenvalue weighted by molar-refractivity contribution is 4.52. The van der Waals surface area contributed by atoms with Gasteiger partial charge in [-0.2, -0.15) is 0 Å². The van der Waals surface area contributed by atoms with Crippen molar-refractivity contribution in [1.29, 1.82) is 0 Å². The predicted molar refractivity (Wildman–Crippen MR) is 73.2 cm³/mol. The van der Waals surface area contributed by atoms with E-state index in [0.29, 0.717) is 0 Å². The minimum Gasteiger partial charge on any atom is -0.316 e. The summed E-state index contributed by atoms with van der Waals surface area (Å²) in [6, 6.07) is 0. The van der Waals surface area contributed by atoms with Gasteiger partial charge in [-0.1, -0.05) is 77.6 Å². The Balaban J connectivity index is 2.88. The van der Waals surface area contributed by atoms with Crippen LogP contribution in [-0.4, -0.2) is 6.17 Å². The van der Waals surface area contributed by atoms with E-state index in [1.165, 1.54) is 70.6 Å². The van der Waals surface area contributed by atoms with Crippen molar-refractivity contribution in [3.05, 3.63) is 0 Å². The van der Waals surface area contributed by atoms with Crippen LogP contribution < -0.4 is 11.5 Å². The average Bonchev–Trinajstić information content (AvgIpc) is 2.25. The largest absolute Gasteiger partial charge is 0.316 e. The second-order valence-electron chi connectivity index (χ2n) is 4.99. The van der Waals surface area contributed by atoms with E-state index in [0.717, 1.165) is 6.42 Å². The third kappa shape index (κ3) is 13.9. The Hall–Kier alpha value is -0.0800. The van der Waals surface area contributed by atoms with E-state index in [4.69, 9.17) is 11.5 Å². The van der Waals surface area contributed by atoms with Crippen molar-refractivity contribution < 1.29 is 0 Å². The molecule has 0 saturated carbocycles. The molecule has 2 nitrogen and oxygen atoms in total. The Morgan fingerprint density at radius 1 is 0.625 bits per heavy atom. The van der Waals surface area contributed by atoms with E-state index >= 15 is 0 Å². The van der Waals surface area contributed by atoms with Gasteiger partial charge in [0.15, 0.2) is 0 Å². The fourth-order valence-corrected chi connectivity index (χ4v) is 2.04. The van der Waals surface area contributed by atoms with Crippen molar-refractivity contribution in [2.24, 2.45) is 11.5 Å². The van der Waals surface area contributed by atoms with Crippen molar-refractivity contribution in [3.63, 3.8) is 0 Å². The molecule has 0 heterocycles. The summed E-state index contributed by atoms with van der Waals surface area (Å²) < 4.78 is 0. The Labute approximate surface area is 102 Å². The molecule has 0 saturated heterocycles. The first-order valence-electron chi connectivity index (χ1n) is 7.28. The minimum absolute atomic E-state index is 0.0986. The summed E-state index contributed by atoms with van der Waals surface area (Å²) in [5.74, 6) is 0. The lowest BCUT2D eigenvalue weighted by atomic mass is 10.1. The lowest BCUT2D eigenvalue weighted by Crippen LogP contribution is -2.29. The van der Waals surface area contributed by atoms with Crippen LogP contribution in [0.4, 0.5) is 0 Å². The molecule has 0 unspecified atom stereocenters. The van der Waals surface area contributed by atoms with Crippen molar-refractivity contribution in [2.45, 2.75) is 90.1 Å². The monoisotopic (exact) mass is 228 g/mol. The third-order valence-corrected chi connectivity index (χ3v) is 3.14. The molecule has 0 spiro atoms. The van der Waals surface area contributed by atoms with Gasteiger partial charge in [0.1, 0.15) is 0 Å². The maximum absolute atomic E-state index is 5.49. The number of rotatable bonds is 12.